The van der Waals surface area contributed by atoms with Crippen LogP contribution >= 0.6 is 0 Å². The molecule has 2 aromatic rings. The second kappa shape index (κ2) is 8.84. The molecule has 1 saturated heterocycles. The van der Waals surface area contributed by atoms with Gasteiger partial charge in [0, 0.05) is 38.2 Å². The van der Waals surface area contributed by atoms with E-state index in [1.165, 1.54) is 4.68 Å². The average Bonchev–Trinajstić information content (AvgIpc) is 2.96. The highest BCUT2D eigenvalue weighted by molar-refractivity contribution is 5.78. The van der Waals surface area contributed by atoms with Crippen molar-refractivity contribution in [3.05, 3.63) is 52.8 Å². The second-order valence-electron chi connectivity index (χ2n) is 6.96. The van der Waals surface area contributed by atoms with Gasteiger partial charge in [0.05, 0.1) is 5.69 Å². The summed E-state index contributed by atoms with van der Waals surface area (Å²) in [5.74, 6) is 1.16. The van der Waals surface area contributed by atoms with Gasteiger partial charge in [-0.2, -0.15) is 4.68 Å². The lowest BCUT2D eigenvalue weighted by Crippen LogP contribution is -2.39. The Balaban J connectivity index is 1.76. The fraction of sp³-hybridized carbons (Fsp3) is 0.476. The first-order valence-corrected chi connectivity index (χ1v) is 9.83. The summed E-state index contributed by atoms with van der Waals surface area (Å²) in [6, 6.07) is 12.8. The molecule has 0 N–H and O–H groups in total. The topological polar surface area (TPSA) is 58.4 Å². The molecule has 3 rings (SSSR count). The zero-order chi connectivity index (χ0) is 19.2. The van der Waals surface area contributed by atoms with Crippen LogP contribution in [0.4, 0.5) is 5.82 Å². The molecule has 6 heteroatoms. The maximum atomic E-state index is 12.7. The van der Waals surface area contributed by atoms with E-state index in [4.69, 9.17) is 0 Å². The van der Waals surface area contributed by atoms with Crippen LogP contribution in [0.25, 0.3) is 5.69 Å². The molecule has 1 fully saturated rings. The lowest BCUT2D eigenvalue weighted by Gasteiger charge is -2.25. The van der Waals surface area contributed by atoms with Crippen LogP contribution in [0.2, 0.25) is 0 Å². The van der Waals surface area contributed by atoms with E-state index < -0.39 is 0 Å². The van der Waals surface area contributed by atoms with Gasteiger partial charge in [-0.25, -0.2) is 0 Å². The highest BCUT2D eigenvalue weighted by atomic mass is 16.2. The standard InChI is InChI=1S/C21H28N4O2/c1-3-17(4-2)21(27)24-14-8-13-23(15-16-24)19-11-12-20(26)25(22-19)18-9-6-5-7-10-18/h5-7,9-12,17H,3-4,8,13-16H2,1-2H3. The summed E-state index contributed by atoms with van der Waals surface area (Å²) in [6.45, 7) is 7.18. The third-order valence-corrected chi connectivity index (χ3v) is 5.25. The van der Waals surface area contributed by atoms with E-state index in [1.807, 2.05) is 35.2 Å². The number of hydrogen-bond acceptors (Lipinski definition) is 4. The van der Waals surface area contributed by atoms with Crippen molar-refractivity contribution in [2.24, 2.45) is 5.92 Å². The minimum Gasteiger partial charge on any atom is -0.353 e. The second-order valence-corrected chi connectivity index (χ2v) is 6.96. The van der Waals surface area contributed by atoms with Crippen LogP contribution < -0.4 is 10.5 Å². The summed E-state index contributed by atoms with van der Waals surface area (Å²) in [7, 11) is 0. The van der Waals surface area contributed by atoms with E-state index in [1.54, 1.807) is 12.1 Å². The number of nitrogens with zero attached hydrogens (tertiary/aromatic N) is 4. The highest BCUT2D eigenvalue weighted by Gasteiger charge is 2.24. The summed E-state index contributed by atoms with van der Waals surface area (Å²) < 4.78 is 1.44. The van der Waals surface area contributed by atoms with E-state index in [0.29, 0.717) is 6.54 Å². The van der Waals surface area contributed by atoms with Crippen molar-refractivity contribution >= 4 is 11.7 Å². The number of carbonyl (C=O) groups excluding carboxylic acids is 1. The minimum absolute atomic E-state index is 0.120. The summed E-state index contributed by atoms with van der Waals surface area (Å²) in [5.41, 5.74) is 0.606. The van der Waals surface area contributed by atoms with Crippen molar-refractivity contribution in [2.45, 2.75) is 33.1 Å². The van der Waals surface area contributed by atoms with Crippen LogP contribution in [-0.4, -0.2) is 46.8 Å². The first kappa shape index (κ1) is 19.1. The SMILES string of the molecule is CCC(CC)C(=O)N1CCCN(c2ccc(=O)n(-c3ccccc3)n2)CC1. The Hall–Kier alpha value is -2.63. The molecular formula is C21H28N4O2. The largest absolute Gasteiger partial charge is 0.353 e. The molecule has 1 aliphatic heterocycles. The molecule has 6 nitrogen and oxygen atoms in total. The molecule has 1 aliphatic rings. The van der Waals surface area contributed by atoms with E-state index in [2.05, 4.69) is 23.8 Å². The third-order valence-electron chi connectivity index (χ3n) is 5.25. The molecular weight excluding hydrogens is 340 g/mol. The maximum absolute atomic E-state index is 12.7. The number of rotatable bonds is 5. The van der Waals surface area contributed by atoms with Crippen LogP contribution in [-0.2, 0) is 4.79 Å². The molecule has 0 bridgehead atoms. The molecule has 0 spiro atoms. The van der Waals surface area contributed by atoms with Gasteiger partial charge in [-0.05, 0) is 37.5 Å². The quantitative estimate of drug-likeness (QED) is 0.814. The zero-order valence-electron chi connectivity index (χ0n) is 16.2. The van der Waals surface area contributed by atoms with Gasteiger partial charge < -0.3 is 9.80 Å². The first-order chi connectivity index (χ1) is 13.1. The number of amides is 1. The van der Waals surface area contributed by atoms with Gasteiger partial charge in [-0.15, -0.1) is 5.10 Å². The van der Waals surface area contributed by atoms with Gasteiger partial charge in [0.25, 0.3) is 5.56 Å². The molecule has 144 valence electrons. The third kappa shape index (κ3) is 4.38. The smallest absolute Gasteiger partial charge is 0.271 e. The molecule has 0 radical (unpaired) electrons. The lowest BCUT2D eigenvalue weighted by molar-refractivity contribution is -0.135. The molecule has 1 aromatic heterocycles. The summed E-state index contributed by atoms with van der Waals surface area (Å²) in [6.07, 6.45) is 2.68. The first-order valence-electron chi connectivity index (χ1n) is 9.83. The Morgan fingerprint density at radius 1 is 1.00 bits per heavy atom. The Bertz CT molecular complexity index is 814. The van der Waals surface area contributed by atoms with Gasteiger partial charge >= 0.3 is 0 Å². The number of carbonyl (C=O) groups is 1. The van der Waals surface area contributed by atoms with Gasteiger partial charge in [0.2, 0.25) is 5.91 Å². The normalized spacial score (nSPS) is 15.1. The lowest BCUT2D eigenvalue weighted by atomic mass is 10.0. The van der Waals surface area contributed by atoms with Gasteiger partial charge in [-0.3, -0.25) is 9.59 Å². The molecule has 1 amide bonds. The predicted octanol–water partition coefficient (Wildman–Crippen LogP) is 2.71. The van der Waals surface area contributed by atoms with E-state index in [9.17, 15) is 9.59 Å². The van der Waals surface area contributed by atoms with Crippen LogP contribution in [0.1, 0.15) is 33.1 Å². The molecule has 0 aliphatic carbocycles. The molecule has 27 heavy (non-hydrogen) atoms. The molecule has 1 aromatic carbocycles. The number of anilines is 1. The Morgan fingerprint density at radius 3 is 2.44 bits per heavy atom. The van der Waals surface area contributed by atoms with Crippen molar-refractivity contribution in [3.63, 3.8) is 0 Å². The van der Waals surface area contributed by atoms with Crippen molar-refractivity contribution in [2.75, 3.05) is 31.1 Å². The minimum atomic E-state index is -0.148. The van der Waals surface area contributed by atoms with E-state index in [0.717, 1.165) is 50.4 Å². The Morgan fingerprint density at radius 2 is 1.74 bits per heavy atom. The summed E-state index contributed by atoms with van der Waals surface area (Å²) in [4.78, 5) is 29.1. The fourth-order valence-corrected chi connectivity index (χ4v) is 3.59. The van der Waals surface area contributed by atoms with Crippen molar-refractivity contribution in [3.8, 4) is 5.69 Å². The maximum Gasteiger partial charge on any atom is 0.271 e. The van der Waals surface area contributed by atoms with Crippen molar-refractivity contribution in [1.29, 1.82) is 0 Å². The van der Waals surface area contributed by atoms with Gasteiger partial charge in [0.15, 0.2) is 0 Å². The molecule has 2 heterocycles. The van der Waals surface area contributed by atoms with Crippen molar-refractivity contribution < 1.29 is 4.79 Å². The van der Waals surface area contributed by atoms with Crippen molar-refractivity contribution in [1.82, 2.24) is 14.7 Å². The van der Waals surface area contributed by atoms with Crippen LogP contribution in [0.5, 0.6) is 0 Å². The Labute approximate surface area is 160 Å². The zero-order valence-corrected chi connectivity index (χ0v) is 16.2. The van der Waals surface area contributed by atoms with Crippen LogP contribution in [0, 0.1) is 5.92 Å². The van der Waals surface area contributed by atoms with E-state index in [-0.39, 0.29) is 17.4 Å². The summed E-state index contributed by atoms with van der Waals surface area (Å²) in [5, 5.41) is 4.57. The number of para-hydroxylation sites is 1. The summed E-state index contributed by atoms with van der Waals surface area (Å²) >= 11 is 0. The Kier molecular flexibility index (Phi) is 6.27. The molecule has 0 saturated carbocycles. The van der Waals surface area contributed by atoms with Gasteiger partial charge in [-0.1, -0.05) is 32.0 Å². The number of aromatic nitrogens is 2. The average molecular weight is 368 g/mol. The van der Waals surface area contributed by atoms with E-state index >= 15 is 0 Å². The van der Waals surface area contributed by atoms with Gasteiger partial charge in [0.1, 0.15) is 5.82 Å². The molecule has 0 unspecified atom stereocenters. The monoisotopic (exact) mass is 368 g/mol. The highest BCUT2D eigenvalue weighted by Crippen LogP contribution is 2.17. The fourth-order valence-electron chi connectivity index (χ4n) is 3.59. The van der Waals surface area contributed by atoms with Crippen LogP contribution in [0.15, 0.2) is 47.3 Å². The van der Waals surface area contributed by atoms with Crippen LogP contribution in [0.3, 0.4) is 0 Å². The molecule has 0 atom stereocenters. The predicted molar refractivity (Wildman–Crippen MR) is 107 cm³/mol. The number of benzene rings is 1. The number of hydrogen-bond donors (Lipinski definition) is 0.